The van der Waals surface area contributed by atoms with E-state index < -0.39 is 17.7 Å². The Bertz CT molecular complexity index is 1250. The third kappa shape index (κ3) is 4.65. The first-order chi connectivity index (χ1) is 16.4. The van der Waals surface area contributed by atoms with E-state index >= 15 is 0 Å². The third-order valence-electron chi connectivity index (χ3n) is 5.55. The van der Waals surface area contributed by atoms with E-state index in [9.17, 15) is 19.5 Å². The van der Waals surface area contributed by atoms with Crippen LogP contribution in [0.5, 0.6) is 0 Å². The molecule has 1 N–H and O–H groups in total. The molecule has 1 fully saturated rings. The van der Waals surface area contributed by atoms with Crippen LogP contribution in [-0.2, 0) is 25.5 Å². The molecular formula is C27H22BrNO5. The van der Waals surface area contributed by atoms with Gasteiger partial charge in [-0.05, 0) is 42.3 Å². The van der Waals surface area contributed by atoms with Gasteiger partial charge in [0, 0.05) is 15.7 Å². The smallest absolute Gasteiger partial charge is 0.310 e. The number of Topliss-reactive ketones (excluding diaryl/α,β-unsaturated/α-hetero) is 1. The fourth-order valence-electron chi connectivity index (χ4n) is 3.97. The summed E-state index contributed by atoms with van der Waals surface area (Å²) in [6.07, 6.45) is 0.110. The van der Waals surface area contributed by atoms with Gasteiger partial charge in [-0.25, -0.2) is 0 Å². The maximum atomic E-state index is 13.2. The summed E-state index contributed by atoms with van der Waals surface area (Å²) in [6, 6.07) is 22.0. The molecule has 7 heteroatoms. The van der Waals surface area contributed by atoms with Crippen molar-refractivity contribution < 1.29 is 24.2 Å². The van der Waals surface area contributed by atoms with Crippen LogP contribution < -0.4 is 4.90 Å². The Hall–Kier alpha value is -3.71. The second-order valence-electron chi connectivity index (χ2n) is 7.73. The highest BCUT2D eigenvalue weighted by Gasteiger charge is 2.46. The Morgan fingerprint density at radius 3 is 2.24 bits per heavy atom. The van der Waals surface area contributed by atoms with Crippen LogP contribution in [0.4, 0.5) is 5.69 Å². The van der Waals surface area contributed by atoms with Gasteiger partial charge in [-0.3, -0.25) is 19.3 Å². The molecule has 4 rings (SSSR count). The fourth-order valence-corrected chi connectivity index (χ4v) is 4.23. The number of benzene rings is 3. The number of anilines is 1. The van der Waals surface area contributed by atoms with Gasteiger partial charge < -0.3 is 9.84 Å². The number of amides is 1. The number of esters is 1. The van der Waals surface area contributed by atoms with E-state index in [0.717, 1.165) is 10.0 Å². The molecule has 0 spiro atoms. The highest BCUT2D eigenvalue weighted by Crippen LogP contribution is 2.42. The Kier molecular flexibility index (Phi) is 6.93. The Balaban J connectivity index is 1.78. The topological polar surface area (TPSA) is 83.9 Å². The number of ether oxygens (including phenoxy) is 1. The zero-order valence-electron chi connectivity index (χ0n) is 18.4. The number of nitrogens with zero attached hydrogens (tertiary/aromatic N) is 1. The summed E-state index contributed by atoms with van der Waals surface area (Å²) in [5, 5.41) is 11.1. The highest BCUT2D eigenvalue weighted by molar-refractivity contribution is 9.10. The molecule has 1 amide bonds. The van der Waals surface area contributed by atoms with Gasteiger partial charge in [0.1, 0.15) is 5.76 Å². The number of halogens is 1. The van der Waals surface area contributed by atoms with E-state index in [-0.39, 0.29) is 23.7 Å². The summed E-state index contributed by atoms with van der Waals surface area (Å²) in [6.45, 7) is 2.05. The van der Waals surface area contributed by atoms with Gasteiger partial charge >= 0.3 is 5.97 Å². The molecule has 0 aromatic heterocycles. The first-order valence-electron chi connectivity index (χ1n) is 10.8. The van der Waals surface area contributed by atoms with Gasteiger partial charge in [-0.2, -0.15) is 0 Å². The van der Waals surface area contributed by atoms with Crippen molar-refractivity contribution in [1.29, 1.82) is 0 Å². The van der Waals surface area contributed by atoms with E-state index in [1.807, 2.05) is 30.3 Å². The first kappa shape index (κ1) is 23.4. The van der Waals surface area contributed by atoms with Crippen LogP contribution >= 0.6 is 15.9 Å². The number of ketones is 1. The normalized spacial score (nSPS) is 17.1. The maximum absolute atomic E-state index is 13.2. The van der Waals surface area contributed by atoms with Gasteiger partial charge in [0.05, 0.1) is 24.6 Å². The number of hydrogen-bond donors (Lipinski definition) is 1. The second-order valence-corrected chi connectivity index (χ2v) is 8.65. The molecule has 1 atom stereocenters. The lowest BCUT2D eigenvalue weighted by molar-refractivity contribution is -0.142. The van der Waals surface area contributed by atoms with Crippen LogP contribution in [0.3, 0.4) is 0 Å². The number of aliphatic hydroxyl groups excluding tert-OH is 1. The highest BCUT2D eigenvalue weighted by atomic mass is 79.9. The molecule has 1 aliphatic heterocycles. The van der Waals surface area contributed by atoms with Gasteiger partial charge in [-0.1, -0.05) is 70.5 Å². The minimum absolute atomic E-state index is 0.0223. The molecule has 6 nitrogen and oxygen atoms in total. The lowest BCUT2D eigenvalue weighted by Crippen LogP contribution is -2.29. The summed E-state index contributed by atoms with van der Waals surface area (Å²) in [5.74, 6) is -2.06. The summed E-state index contributed by atoms with van der Waals surface area (Å²) in [5.41, 5.74) is 2.36. The summed E-state index contributed by atoms with van der Waals surface area (Å²) in [7, 11) is 0. The first-order valence-corrected chi connectivity index (χ1v) is 11.6. The average molecular weight is 520 g/mol. The molecular weight excluding hydrogens is 498 g/mol. The van der Waals surface area contributed by atoms with Crippen LogP contribution in [-0.4, -0.2) is 29.4 Å². The second kappa shape index (κ2) is 10.1. The molecule has 0 bridgehead atoms. The predicted octanol–water partition coefficient (Wildman–Crippen LogP) is 5.18. The van der Waals surface area contributed by atoms with Crippen molar-refractivity contribution in [3.05, 3.63) is 106 Å². The van der Waals surface area contributed by atoms with Crippen LogP contribution in [0, 0.1) is 0 Å². The van der Waals surface area contributed by atoms with E-state index in [2.05, 4.69) is 15.9 Å². The minimum atomic E-state index is -0.805. The summed E-state index contributed by atoms with van der Waals surface area (Å²) in [4.78, 5) is 39.5. The maximum Gasteiger partial charge on any atom is 0.310 e. The van der Waals surface area contributed by atoms with E-state index in [1.165, 1.54) is 4.90 Å². The van der Waals surface area contributed by atoms with E-state index in [4.69, 9.17) is 4.74 Å². The van der Waals surface area contributed by atoms with Crippen LogP contribution in [0.1, 0.15) is 29.7 Å². The quantitative estimate of drug-likeness (QED) is 0.210. The largest absolute Gasteiger partial charge is 0.507 e. The van der Waals surface area contributed by atoms with E-state index in [1.54, 1.807) is 55.5 Å². The monoisotopic (exact) mass is 519 g/mol. The molecule has 0 radical (unpaired) electrons. The zero-order valence-corrected chi connectivity index (χ0v) is 20.0. The number of carbonyl (C=O) groups excluding carboxylic acids is 3. The van der Waals surface area contributed by atoms with Gasteiger partial charge in [0.2, 0.25) is 0 Å². The van der Waals surface area contributed by atoms with Crippen molar-refractivity contribution in [1.82, 2.24) is 0 Å². The molecule has 1 saturated heterocycles. The standard InChI is InChI=1S/C27H22BrNO5/c1-2-34-22(30)16-17-8-14-21(15-9-17)29-24(18-6-4-3-5-7-18)23(26(32)27(29)33)25(31)19-10-12-20(28)13-11-19/h3-15,24,31H,2,16H2,1H3/b25-23+. The van der Waals surface area contributed by atoms with Crippen LogP contribution in [0.25, 0.3) is 5.76 Å². The molecule has 1 heterocycles. The summed E-state index contributed by atoms with van der Waals surface area (Å²) >= 11 is 3.36. The summed E-state index contributed by atoms with van der Waals surface area (Å²) < 4.78 is 5.81. The number of rotatable bonds is 6. The Morgan fingerprint density at radius 1 is 0.971 bits per heavy atom. The lowest BCUT2D eigenvalue weighted by Gasteiger charge is -2.25. The molecule has 3 aromatic carbocycles. The molecule has 172 valence electrons. The number of aliphatic hydroxyl groups is 1. The molecule has 1 aliphatic rings. The van der Waals surface area contributed by atoms with Crippen molar-refractivity contribution in [2.45, 2.75) is 19.4 Å². The Morgan fingerprint density at radius 2 is 1.62 bits per heavy atom. The average Bonchev–Trinajstić information content (AvgIpc) is 3.11. The predicted molar refractivity (Wildman–Crippen MR) is 132 cm³/mol. The van der Waals surface area contributed by atoms with Crippen LogP contribution in [0.2, 0.25) is 0 Å². The van der Waals surface area contributed by atoms with Crippen molar-refractivity contribution in [2.75, 3.05) is 11.5 Å². The molecule has 0 aliphatic carbocycles. The third-order valence-corrected chi connectivity index (χ3v) is 6.07. The van der Waals surface area contributed by atoms with Crippen molar-refractivity contribution in [3.8, 4) is 0 Å². The van der Waals surface area contributed by atoms with Gasteiger partial charge in [0.25, 0.3) is 11.7 Å². The number of carbonyl (C=O) groups is 3. The Labute approximate surface area is 205 Å². The van der Waals surface area contributed by atoms with Crippen molar-refractivity contribution >= 4 is 45.0 Å². The fraction of sp³-hybridized carbons (Fsp3) is 0.148. The molecule has 34 heavy (non-hydrogen) atoms. The zero-order chi connectivity index (χ0) is 24.2. The lowest BCUT2D eigenvalue weighted by atomic mass is 9.95. The van der Waals surface area contributed by atoms with Crippen LogP contribution in [0.15, 0.2) is 88.9 Å². The van der Waals surface area contributed by atoms with Crippen molar-refractivity contribution in [2.24, 2.45) is 0 Å². The SMILES string of the molecule is CCOC(=O)Cc1ccc(N2C(=O)C(=O)/C(=C(/O)c3ccc(Br)cc3)C2c2ccccc2)cc1. The minimum Gasteiger partial charge on any atom is -0.507 e. The molecule has 1 unspecified atom stereocenters. The van der Waals surface area contributed by atoms with E-state index in [0.29, 0.717) is 23.4 Å². The number of hydrogen-bond acceptors (Lipinski definition) is 5. The molecule has 3 aromatic rings. The van der Waals surface area contributed by atoms with Gasteiger partial charge in [0.15, 0.2) is 0 Å². The van der Waals surface area contributed by atoms with Crippen molar-refractivity contribution in [3.63, 3.8) is 0 Å². The molecule has 0 saturated carbocycles. The van der Waals surface area contributed by atoms with Gasteiger partial charge in [-0.15, -0.1) is 0 Å².